The summed E-state index contributed by atoms with van der Waals surface area (Å²) in [6.45, 7) is 3.30. The lowest BCUT2D eigenvalue weighted by Gasteiger charge is -2.13. The molecule has 12 nitrogen and oxygen atoms in total. The first-order valence-electron chi connectivity index (χ1n) is 17.5. The van der Waals surface area contributed by atoms with E-state index in [0.29, 0.717) is 50.8 Å². The Kier molecular flexibility index (Phi) is 11.1. The molecule has 0 fully saturated rings. The van der Waals surface area contributed by atoms with Gasteiger partial charge in [-0.25, -0.2) is 9.19 Å². The van der Waals surface area contributed by atoms with Crippen molar-refractivity contribution >= 4 is 38.5 Å². The highest BCUT2D eigenvalue weighted by molar-refractivity contribution is 7.86. The van der Waals surface area contributed by atoms with Gasteiger partial charge in [0.15, 0.2) is 22.4 Å². The van der Waals surface area contributed by atoms with Crippen LogP contribution >= 0.6 is 0 Å². The smallest absolute Gasteiger partial charge is 0.296 e. The SMILES string of the molecule is CC(=O)c1ccc(Oc2cccc(Oc3ccc(C(=O)c4ccc(-c5ccc(C)cc5C(=O)c5ccc(-n6cnc(S(=O)O)c6)c(S(=O)(=O)O)c5)cc4)cc3)c2)cc1. The van der Waals surface area contributed by atoms with E-state index in [2.05, 4.69) is 4.98 Å². The first-order valence-corrected chi connectivity index (χ1v) is 20.0. The third-order valence-corrected chi connectivity index (χ3v) is 10.5. The Morgan fingerprint density at radius 3 is 1.79 bits per heavy atom. The van der Waals surface area contributed by atoms with Crippen LogP contribution in [0.15, 0.2) is 156 Å². The fourth-order valence-corrected chi connectivity index (χ4v) is 7.18. The minimum Gasteiger partial charge on any atom is -0.457 e. The van der Waals surface area contributed by atoms with Crippen LogP contribution < -0.4 is 9.47 Å². The van der Waals surface area contributed by atoms with E-state index in [1.807, 2.05) is 6.07 Å². The lowest BCUT2D eigenvalue weighted by molar-refractivity contribution is 0.101. The van der Waals surface area contributed by atoms with E-state index in [9.17, 15) is 36.1 Å². The molecule has 0 aliphatic heterocycles. The Balaban J connectivity index is 1.07. The molecule has 1 heterocycles. The molecule has 1 aromatic heterocycles. The molecule has 6 aromatic carbocycles. The van der Waals surface area contributed by atoms with Gasteiger partial charge in [-0.15, -0.1) is 0 Å². The maximum absolute atomic E-state index is 14.0. The number of hydrogen-bond donors (Lipinski definition) is 2. The number of ketones is 3. The Bertz CT molecular complexity index is 2850. The third-order valence-electron chi connectivity index (χ3n) is 9.05. The second kappa shape index (κ2) is 16.3. The number of imidazole rings is 1. The molecule has 2 N–H and O–H groups in total. The van der Waals surface area contributed by atoms with E-state index < -0.39 is 31.9 Å². The Morgan fingerprint density at radius 2 is 1.24 bits per heavy atom. The molecule has 0 aliphatic rings. The number of carbonyl (C=O) groups excluding carboxylic acids is 3. The predicted octanol–water partition coefficient (Wildman–Crippen LogP) is 8.92. The second-order valence-corrected chi connectivity index (χ2v) is 15.4. The van der Waals surface area contributed by atoms with Gasteiger partial charge < -0.3 is 18.6 Å². The highest BCUT2D eigenvalue weighted by Crippen LogP contribution is 2.32. The first-order chi connectivity index (χ1) is 27.7. The molecule has 0 saturated carbocycles. The maximum atomic E-state index is 14.0. The van der Waals surface area contributed by atoms with Gasteiger partial charge >= 0.3 is 0 Å². The van der Waals surface area contributed by atoms with Gasteiger partial charge in [0.05, 0.1) is 5.69 Å². The van der Waals surface area contributed by atoms with Crippen LogP contribution in [0.3, 0.4) is 0 Å². The zero-order chi connectivity index (χ0) is 41.1. The van der Waals surface area contributed by atoms with Crippen LogP contribution in [-0.4, -0.2) is 48.6 Å². The van der Waals surface area contributed by atoms with Gasteiger partial charge in [0.1, 0.15) is 34.2 Å². The van der Waals surface area contributed by atoms with Crippen LogP contribution in [0.2, 0.25) is 0 Å². The fourth-order valence-electron chi connectivity index (χ4n) is 6.13. The van der Waals surface area contributed by atoms with Crippen LogP contribution in [0.5, 0.6) is 23.0 Å². The molecule has 58 heavy (non-hydrogen) atoms. The summed E-state index contributed by atoms with van der Waals surface area (Å²) in [4.78, 5) is 42.2. The summed E-state index contributed by atoms with van der Waals surface area (Å²) in [5, 5.41) is -0.233. The number of aromatic nitrogens is 2. The van der Waals surface area contributed by atoms with Crippen LogP contribution in [0.25, 0.3) is 16.8 Å². The van der Waals surface area contributed by atoms with Crippen LogP contribution in [0.1, 0.15) is 54.7 Å². The molecule has 0 saturated heterocycles. The van der Waals surface area contributed by atoms with Gasteiger partial charge in [-0.2, -0.15) is 8.42 Å². The quantitative estimate of drug-likeness (QED) is 0.0645. The molecule has 0 spiro atoms. The number of nitrogens with zero attached hydrogens (tertiary/aromatic N) is 2. The van der Waals surface area contributed by atoms with E-state index in [1.165, 1.54) is 19.1 Å². The molecule has 0 bridgehead atoms. The minimum atomic E-state index is -4.86. The first kappa shape index (κ1) is 39.4. The molecule has 1 unspecified atom stereocenters. The number of rotatable bonds is 13. The summed E-state index contributed by atoms with van der Waals surface area (Å²) in [6.07, 6.45) is 2.25. The zero-order valence-electron chi connectivity index (χ0n) is 30.7. The maximum Gasteiger partial charge on any atom is 0.296 e. The average molecular weight is 813 g/mol. The summed E-state index contributed by atoms with van der Waals surface area (Å²) in [5.74, 6) is 1.32. The molecule has 0 radical (unpaired) electrons. The lowest BCUT2D eigenvalue weighted by Crippen LogP contribution is -2.10. The highest BCUT2D eigenvalue weighted by Gasteiger charge is 2.23. The molecule has 14 heteroatoms. The number of Topliss-reactive ketones (excluding diaryl/α,β-unsaturated/α-hetero) is 1. The van der Waals surface area contributed by atoms with Gasteiger partial charge in [0.2, 0.25) is 11.1 Å². The number of benzene rings is 6. The van der Waals surface area contributed by atoms with Crippen molar-refractivity contribution < 1.29 is 45.6 Å². The second-order valence-electron chi connectivity index (χ2n) is 13.1. The normalized spacial score (nSPS) is 11.8. The third kappa shape index (κ3) is 8.75. The largest absolute Gasteiger partial charge is 0.457 e. The van der Waals surface area contributed by atoms with Crippen molar-refractivity contribution in [1.82, 2.24) is 9.55 Å². The summed E-state index contributed by atoms with van der Waals surface area (Å²) >= 11 is -2.43. The molecule has 0 aliphatic carbocycles. The van der Waals surface area contributed by atoms with E-state index in [-0.39, 0.29) is 33.4 Å². The standard InChI is InChI=1S/C44H32N2O10S2/c1-27-6-20-38(39(22-27)44(49)33-15-21-40(41(23-33)58(52,53)54)46-25-42(45-26-46)57(50)51)30-7-9-31(10-8-30)43(48)32-13-18-35(19-14-32)56-37-5-3-4-36(24-37)55-34-16-11-29(12-17-34)28(2)47/h3-26H,1-2H3,(H,50,51)(H,52,53,54). The highest BCUT2D eigenvalue weighted by atomic mass is 32.2. The van der Waals surface area contributed by atoms with E-state index in [0.717, 1.165) is 28.7 Å². The molecule has 7 aromatic rings. The number of hydrogen-bond acceptors (Lipinski definition) is 9. The van der Waals surface area contributed by atoms with E-state index >= 15 is 0 Å². The molecule has 0 amide bonds. The van der Waals surface area contributed by atoms with Crippen LogP contribution in [-0.2, 0) is 21.2 Å². The summed E-state index contributed by atoms with van der Waals surface area (Å²) in [6, 6.07) is 36.3. The Morgan fingerprint density at radius 1 is 0.672 bits per heavy atom. The molecular weight excluding hydrogens is 781 g/mol. The van der Waals surface area contributed by atoms with Crippen molar-refractivity contribution in [3.05, 3.63) is 179 Å². The van der Waals surface area contributed by atoms with Gasteiger partial charge in [0.25, 0.3) is 10.1 Å². The van der Waals surface area contributed by atoms with Crippen LogP contribution in [0.4, 0.5) is 0 Å². The topological polar surface area (TPSA) is 179 Å². The minimum absolute atomic E-state index is 0.0330. The van der Waals surface area contributed by atoms with Gasteiger partial charge in [0, 0.05) is 40.1 Å². The van der Waals surface area contributed by atoms with Crippen molar-refractivity contribution in [2.45, 2.75) is 23.8 Å². The summed E-state index contributed by atoms with van der Waals surface area (Å²) in [7, 11) is -4.86. The lowest BCUT2D eigenvalue weighted by atomic mass is 9.91. The fraction of sp³-hybridized carbons (Fsp3) is 0.0455. The van der Waals surface area contributed by atoms with Crippen molar-refractivity contribution in [1.29, 1.82) is 0 Å². The number of aryl methyl sites for hydroxylation is 1. The summed E-state index contributed by atoms with van der Waals surface area (Å²) in [5.41, 5.74) is 3.46. The molecule has 1 atom stereocenters. The molecular formula is C44H32N2O10S2. The van der Waals surface area contributed by atoms with Gasteiger partial charge in [-0.05, 0) is 110 Å². The van der Waals surface area contributed by atoms with E-state index in [1.54, 1.807) is 116 Å². The van der Waals surface area contributed by atoms with Gasteiger partial charge in [-0.3, -0.25) is 18.9 Å². The van der Waals surface area contributed by atoms with Crippen molar-refractivity contribution in [2.75, 3.05) is 0 Å². The van der Waals surface area contributed by atoms with E-state index in [4.69, 9.17) is 9.47 Å². The zero-order valence-corrected chi connectivity index (χ0v) is 32.4. The monoisotopic (exact) mass is 812 g/mol. The predicted molar refractivity (Wildman–Crippen MR) is 215 cm³/mol. The Labute approximate surface area is 335 Å². The Hall–Kier alpha value is -6.84. The van der Waals surface area contributed by atoms with Crippen molar-refractivity contribution in [3.8, 4) is 39.8 Å². The van der Waals surface area contributed by atoms with Crippen LogP contribution in [0, 0.1) is 6.92 Å². The van der Waals surface area contributed by atoms with Crippen molar-refractivity contribution in [2.24, 2.45) is 0 Å². The molecule has 7 rings (SSSR count). The van der Waals surface area contributed by atoms with Gasteiger partial charge in [-0.1, -0.05) is 48.0 Å². The molecule has 290 valence electrons. The average Bonchev–Trinajstić information content (AvgIpc) is 3.72. The number of ether oxygens (including phenoxy) is 2. The van der Waals surface area contributed by atoms with Crippen molar-refractivity contribution in [3.63, 3.8) is 0 Å². The summed E-state index contributed by atoms with van der Waals surface area (Å²) < 4.78 is 68.8. The number of carbonyl (C=O) groups is 3.